The van der Waals surface area contributed by atoms with Crippen molar-refractivity contribution in [1.29, 1.82) is 0 Å². The van der Waals surface area contributed by atoms with Crippen LogP contribution in [0.5, 0.6) is 0 Å². The number of carbonyl (C=O) groups excluding carboxylic acids is 1. The number of piperazine rings is 1. The molecule has 0 aliphatic carbocycles. The minimum atomic E-state index is -0.257. The molecule has 24 heavy (non-hydrogen) atoms. The predicted octanol–water partition coefficient (Wildman–Crippen LogP) is 1.64. The number of rotatable bonds is 4. The topological polar surface area (TPSA) is 58.4 Å². The van der Waals surface area contributed by atoms with Gasteiger partial charge in [-0.05, 0) is 24.9 Å². The molecule has 2 aromatic heterocycles. The number of hydrogen-bond acceptors (Lipinski definition) is 6. The van der Waals surface area contributed by atoms with E-state index in [9.17, 15) is 9.59 Å². The Bertz CT molecular complexity index is 793. The zero-order valence-electron chi connectivity index (χ0n) is 14.2. The van der Waals surface area contributed by atoms with E-state index in [4.69, 9.17) is 0 Å². The summed E-state index contributed by atoms with van der Waals surface area (Å²) in [5.74, 6) is 0.121. The third-order valence-corrected chi connectivity index (χ3v) is 6.43. The molecule has 0 aromatic carbocycles. The number of thiophene rings is 1. The van der Waals surface area contributed by atoms with Crippen molar-refractivity contribution in [3.05, 3.63) is 21.8 Å². The third kappa shape index (κ3) is 3.36. The maximum absolute atomic E-state index is 12.7. The van der Waals surface area contributed by atoms with E-state index < -0.39 is 0 Å². The van der Waals surface area contributed by atoms with Crippen LogP contribution in [0.3, 0.4) is 0 Å². The normalized spacial score (nSPS) is 17.4. The van der Waals surface area contributed by atoms with E-state index >= 15 is 0 Å². The van der Waals surface area contributed by atoms with E-state index in [1.54, 1.807) is 11.6 Å². The zero-order valence-corrected chi connectivity index (χ0v) is 15.8. The van der Waals surface area contributed by atoms with Gasteiger partial charge < -0.3 is 9.80 Å². The van der Waals surface area contributed by atoms with Crippen LogP contribution in [0.15, 0.2) is 21.4 Å². The van der Waals surface area contributed by atoms with Gasteiger partial charge in [-0.15, -0.1) is 11.3 Å². The fourth-order valence-corrected chi connectivity index (χ4v) is 4.59. The molecule has 3 rings (SSSR count). The van der Waals surface area contributed by atoms with E-state index in [1.165, 1.54) is 23.1 Å². The second-order valence-corrected chi connectivity index (χ2v) is 8.14. The van der Waals surface area contributed by atoms with Crippen LogP contribution in [-0.2, 0) is 11.8 Å². The second-order valence-electron chi connectivity index (χ2n) is 5.91. The molecule has 1 aliphatic heterocycles. The third-order valence-electron chi connectivity index (χ3n) is 4.41. The summed E-state index contributed by atoms with van der Waals surface area (Å²) in [5.41, 5.74) is 0.663. The van der Waals surface area contributed by atoms with Gasteiger partial charge in [0.25, 0.3) is 5.56 Å². The maximum Gasteiger partial charge on any atom is 0.271 e. The molecule has 8 heteroatoms. The molecule has 1 saturated heterocycles. The molecular weight excluding hydrogens is 344 g/mol. The van der Waals surface area contributed by atoms with E-state index in [2.05, 4.69) is 16.8 Å². The van der Waals surface area contributed by atoms with Gasteiger partial charge in [0.15, 0.2) is 5.16 Å². The molecule has 2 aromatic rings. The van der Waals surface area contributed by atoms with Gasteiger partial charge in [0.2, 0.25) is 5.91 Å². The number of likely N-dealkylation sites (N-methyl/N-ethyl adjacent to an activating group) is 1. The standard InChI is InChI=1S/C16H22N4O2S2/c1-4-19-6-8-20(9-7-19)14(21)11(2)24-16-17-12-5-10-23-13(12)15(22)18(16)3/h5,10-11H,4,6-9H2,1-3H3. The lowest BCUT2D eigenvalue weighted by Crippen LogP contribution is -2.50. The number of fused-ring (bicyclic) bond motifs is 1. The van der Waals surface area contributed by atoms with Crippen molar-refractivity contribution in [1.82, 2.24) is 19.4 Å². The number of thioether (sulfide) groups is 1. The predicted molar refractivity (Wildman–Crippen MR) is 98.9 cm³/mol. The minimum Gasteiger partial charge on any atom is -0.339 e. The monoisotopic (exact) mass is 366 g/mol. The van der Waals surface area contributed by atoms with Gasteiger partial charge in [-0.1, -0.05) is 18.7 Å². The van der Waals surface area contributed by atoms with Crippen LogP contribution in [-0.4, -0.2) is 63.2 Å². The summed E-state index contributed by atoms with van der Waals surface area (Å²) in [4.78, 5) is 33.8. The van der Waals surface area contributed by atoms with E-state index in [1.807, 2.05) is 23.3 Å². The average Bonchev–Trinajstić information content (AvgIpc) is 3.07. The Morgan fingerprint density at radius 3 is 2.75 bits per heavy atom. The minimum absolute atomic E-state index is 0.0475. The molecule has 1 amide bonds. The van der Waals surface area contributed by atoms with Crippen LogP contribution in [0.4, 0.5) is 0 Å². The number of nitrogens with zero attached hydrogens (tertiary/aromatic N) is 4. The van der Waals surface area contributed by atoms with Crippen molar-refractivity contribution in [2.24, 2.45) is 7.05 Å². The summed E-state index contributed by atoms with van der Waals surface area (Å²) in [6, 6.07) is 1.85. The molecule has 0 radical (unpaired) electrons. The van der Waals surface area contributed by atoms with Crippen LogP contribution in [0.1, 0.15) is 13.8 Å². The highest BCUT2D eigenvalue weighted by Gasteiger charge is 2.26. The molecule has 0 spiro atoms. The van der Waals surface area contributed by atoms with Crippen molar-refractivity contribution in [3.63, 3.8) is 0 Å². The molecule has 1 fully saturated rings. The number of amides is 1. The van der Waals surface area contributed by atoms with Crippen molar-refractivity contribution >= 4 is 39.2 Å². The average molecular weight is 367 g/mol. The number of aromatic nitrogens is 2. The Hall–Kier alpha value is -1.38. The van der Waals surface area contributed by atoms with Crippen LogP contribution in [0.25, 0.3) is 10.2 Å². The summed E-state index contributed by atoms with van der Waals surface area (Å²) in [6.07, 6.45) is 0. The first-order valence-electron chi connectivity index (χ1n) is 8.13. The zero-order chi connectivity index (χ0) is 17.3. The Morgan fingerprint density at radius 2 is 2.08 bits per heavy atom. The Labute approximate surface area is 149 Å². The molecule has 0 N–H and O–H groups in total. The van der Waals surface area contributed by atoms with E-state index in [0.717, 1.165) is 32.7 Å². The molecule has 1 aliphatic rings. The van der Waals surface area contributed by atoms with Gasteiger partial charge in [-0.25, -0.2) is 4.98 Å². The lowest BCUT2D eigenvalue weighted by atomic mass is 10.3. The first-order valence-corrected chi connectivity index (χ1v) is 9.89. The molecule has 1 unspecified atom stereocenters. The quantitative estimate of drug-likeness (QED) is 0.608. The molecule has 3 heterocycles. The molecule has 1 atom stereocenters. The van der Waals surface area contributed by atoms with Gasteiger partial charge in [-0.2, -0.15) is 0 Å². The van der Waals surface area contributed by atoms with Crippen LogP contribution < -0.4 is 5.56 Å². The summed E-state index contributed by atoms with van der Waals surface area (Å²) in [5, 5.41) is 2.21. The van der Waals surface area contributed by atoms with Gasteiger partial charge in [0.1, 0.15) is 4.70 Å². The Morgan fingerprint density at radius 1 is 1.38 bits per heavy atom. The first kappa shape index (κ1) is 17.4. The van der Waals surface area contributed by atoms with E-state index in [0.29, 0.717) is 15.4 Å². The lowest BCUT2D eigenvalue weighted by Gasteiger charge is -2.35. The molecular formula is C16H22N4O2S2. The number of carbonyl (C=O) groups is 1. The summed E-state index contributed by atoms with van der Waals surface area (Å²) in [7, 11) is 1.72. The van der Waals surface area contributed by atoms with Crippen molar-refractivity contribution < 1.29 is 4.79 Å². The lowest BCUT2D eigenvalue weighted by molar-refractivity contribution is -0.132. The molecule has 0 saturated carbocycles. The van der Waals surface area contributed by atoms with Crippen LogP contribution in [0, 0.1) is 0 Å². The largest absolute Gasteiger partial charge is 0.339 e. The van der Waals surface area contributed by atoms with Crippen molar-refractivity contribution in [2.45, 2.75) is 24.3 Å². The van der Waals surface area contributed by atoms with Crippen molar-refractivity contribution in [2.75, 3.05) is 32.7 Å². The summed E-state index contributed by atoms with van der Waals surface area (Å²) in [6.45, 7) is 8.46. The Kier molecular flexibility index (Phi) is 5.27. The molecule has 130 valence electrons. The van der Waals surface area contributed by atoms with E-state index in [-0.39, 0.29) is 16.7 Å². The first-order chi connectivity index (χ1) is 11.5. The second kappa shape index (κ2) is 7.25. The SMILES string of the molecule is CCN1CCN(C(=O)C(C)Sc2nc3ccsc3c(=O)n2C)CC1. The van der Waals surface area contributed by atoms with Crippen LogP contribution >= 0.6 is 23.1 Å². The van der Waals surface area contributed by atoms with Gasteiger partial charge in [-0.3, -0.25) is 14.2 Å². The maximum atomic E-state index is 12.7. The highest BCUT2D eigenvalue weighted by atomic mass is 32.2. The molecule has 6 nitrogen and oxygen atoms in total. The fourth-order valence-electron chi connectivity index (χ4n) is 2.82. The molecule has 0 bridgehead atoms. The highest BCUT2D eigenvalue weighted by molar-refractivity contribution is 8.00. The highest BCUT2D eigenvalue weighted by Crippen LogP contribution is 2.25. The van der Waals surface area contributed by atoms with Crippen molar-refractivity contribution in [3.8, 4) is 0 Å². The van der Waals surface area contributed by atoms with Crippen LogP contribution in [0.2, 0.25) is 0 Å². The van der Waals surface area contributed by atoms with Gasteiger partial charge in [0.05, 0.1) is 10.8 Å². The van der Waals surface area contributed by atoms with Gasteiger partial charge >= 0.3 is 0 Å². The fraction of sp³-hybridized carbons (Fsp3) is 0.562. The summed E-state index contributed by atoms with van der Waals surface area (Å²) >= 11 is 2.76. The Balaban J connectivity index is 1.73. The smallest absolute Gasteiger partial charge is 0.271 e. The van der Waals surface area contributed by atoms with Gasteiger partial charge in [0, 0.05) is 33.2 Å². The summed E-state index contributed by atoms with van der Waals surface area (Å²) < 4.78 is 2.21. The number of hydrogen-bond donors (Lipinski definition) is 0.